The van der Waals surface area contributed by atoms with Gasteiger partial charge in [-0.1, -0.05) is 11.6 Å². The van der Waals surface area contributed by atoms with Crippen LogP contribution in [0.2, 0.25) is 5.15 Å². The van der Waals surface area contributed by atoms with Gasteiger partial charge >= 0.3 is 0 Å². The van der Waals surface area contributed by atoms with Crippen LogP contribution in [0.3, 0.4) is 0 Å². The molecule has 2 heterocycles. The Kier molecular flexibility index (Phi) is 2.52. The fourth-order valence-electron chi connectivity index (χ4n) is 1.32. The quantitative estimate of drug-likeness (QED) is 0.694. The Hall–Kier alpha value is -0.930. The van der Waals surface area contributed by atoms with Gasteiger partial charge in [-0.05, 0) is 25.3 Å². The predicted molar refractivity (Wildman–Crippen MR) is 59.8 cm³/mol. The Labute approximate surface area is 91.6 Å². The molecule has 0 N–H and O–H groups in total. The van der Waals surface area contributed by atoms with Crippen LogP contribution in [0, 0.1) is 13.8 Å². The standard InChI is InChI=1S/C10H9ClN2S/c1-6-8(3-4-14-6)9-5-10(11)13-7(2)12-9/h3-5H,1-2H3. The molecule has 0 aliphatic carbocycles. The normalized spacial score (nSPS) is 10.5. The van der Waals surface area contributed by atoms with Gasteiger partial charge in [0.15, 0.2) is 0 Å². The van der Waals surface area contributed by atoms with Gasteiger partial charge in [0.25, 0.3) is 0 Å². The van der Waals surface area contributed by atoms with Gasteiger partial charge in [-0.2, -0.15) is 0 Å². The first kappa shape index (κ1) is 9.62. The van der Waals surface area contributed by atoms with Crippen molar-refractivity contribution in [1.82, 2.24) is 9.97 Å². The fraction of sp³-hybridized carbons (Fsp3) is 0.200. The summed E-state index contributed by atoms with van der Waals surface area (Å²) in [5.74, 6) is 0.707. The molecule has 0 aliphatic heterocycles. The van der Waals surface area contributed by atoms with E-state index in [1.165, 1.54) is 4.88 Å². The van der Waals surface area contributed by atoms with Crippen molar-refractivity contribution in [3.8, 4) is 11.3 Å². The molecule has 0 saturated heterocycles. The third-order valence-corrected chi connectivity index (χ3v) is 2.98. The summed E-state index contributed by atoms with van der Waals surface area (Å²) in [5, 5.41) is 2.55. The highest BCUT2D eigenvalue weighted by molar-refractivity contribution is 7.10. The van der Waals surface area contributed by atoms with Crippen molar-refractivity contribution in [3.63, 3.8) is 0 Å². The van der Waals surface area contributed by atoms with Crippen LogP contribution in [0.4, 0.5) is 0 Å². The van der Waals surface area contributed by atoms with E-state index in [1.54, 1.807) is 17.4 Å². The Morgan fingerprint density at radius 3 is 2.64 bits per heavy atom. The largest absolute Gasteiger partial charge is 0.233 e. The molecular formula is C10H9ClN2S. The molecule has 0 aromatic carbocycles. The zero-order valence-corrected chi connectivity index (χ0v) is 9.49. The fourth-order valence-corrected chi connectivity index (χ4v) is 2.25. The topological polar surface area (TPSA) is 25.8 Å². The van der Waals surface area contributed by atoms with Gasteiger partial charge in [-0.15, -0.1) is 11.3 Å². The first-order chi connectivity index (χ1) is 6.66. The maximum atomic E-state index is 5.87. The minimum Gasteiger partial charge on any atom is -0.233 e. The lowest BCUT2D eigenvalue weighted by molar-refractivity contribution is 1.06. The van der Waals surface area contributed by atoms with Crippen molar-refractivity contribution in [2.24, 2.45) is 0 Å². The highest BCUT2D eigenvalue weighted by atomic mass is 35.5. The molecule has 0 amide bonds. The number of nitrogens with zero attached hydrogens (tertiary/aromatic N) is 2. The molecule has 72 valence electrons. The molecule has 2 nitrogen and oxygen atoms in total. The number of thiophene rings is 1. The van der Waals surface area contributed by atoms with Gasteiger partial charge in [0.1, 0.15) is 11.0 Å². The van der Waals surface area contributed by atoms with Crippen molar-refractivity contribution >= 4 is 22.9 Å². The van der Waals surface area contributed by atoms with Crippen LogP contribution >= 0.6 is 22.9 Å². The Bertz CT molecular complexity index is 445. The van der Waals surface area contributed by atoms with Crippen molar-refractivity contribution in [2.45, 2.75) is 13.8 Å². The lowest BCUT2D eigenvalue weighted by atomic mass is 10.2. The van der Waals surface area contributed by atoms with Crippen molar-refractivity contribution in [2.75, 3.05) is 0 Å². The van der Waals surface area contributed by atoms with Crippen molar-refractivity contribution in [1.29, 1.82) is 0 Å². The molecule has 2 aromatic heterocycles. The summed E-state index contributed by atoms with van der Waals surface area (Å²) in [5.41, 5.74) is 2.05. The minimum atomic E-state index is 0.498. The van der Waals surface area contributed by atoms with E-state index in [4.69, 9.17) is 11.6 Å². The molecule has 0 radical (unpaired) electrons. The molecule has 2 aromatic rings. The molecule has 14 heavy (non-hydrogen) atoms. The van der Waals surface area contributed by atoms with E-state index in [2.05, 4.69) is 28.3 Å². The van der Waals surface area contributed by atoms with Gasteiger partial charge in [0.05, 0.1) is 5.69 Å². The third kappa shape index (κ3) is 1.79. The average Bonchev–Trinajstić information content (AvgIpc) is 2.49. The van der Waals surface area contributed by atoms with E-state index in [0.29, 0.717) is 11.0 Å². The molecule has 0 saturated carbocycles. The monoisotopic (exact) mass is 224 g/mol. The van der Waals surface area contributed by atoms with Crippen LogP contribution in [0.25, 0.3) is 11.3 Å². The number of aromatic nitrogens is 2. The summed E-state index contributed by atoms with van der Waals surface area (Å²) in [4.78, 5) is 9.63. The van der Waals surface area contributed by atoms with E-state index in [9.17, 15) is 0 Å². The highest BCUT2D eigenvalue weighted by Gasteiger charge is 2.06. The molecule has 4 heteroatoms. The minimum absolute atomic E-state index is 0.498. The SMILES string of the molecule is Cc1nc(Cl)cc(-c2ccsc2C)n1. The van der Waals surface area contributed by atoms with Gasteiger partial charge < -0.3 is 0 Å². The van der Waals surface area contributed by atoms with Crippen LogP contribution in [0.5, 0.6) is 0 Å². The molecule has 0 spiro atoms. The predicted octanol–water partition coefficient (Wildman–Crippen LogP) is 3.48. The number of aryl methyl sites for hydroxylation is 2. The van der Waals surface area contributed by atoms with Crippen molar-refractivity contribution in [3.05, 3.63) is 33.4 Å². The van der Waals surface area contributed by atoms with Crippen LogP contribution < -0.4 is 0 Å². The maximum Gasteiger partial charge on any atom is 0.133 e. The second-order valence-corrected chi connectivity index (χ2v) is 4.52. The molecule has 0 aliphatic rings. The second kappa shape index (κ2) is 3.67. The summed E-state index contributed by atoms with van der Waals surface area (Å²) in [6.45, 7) is 3.92. The van der Waals surface area contributed by atoms with Gasteiger partial charge in [0.2, 0.25) is 0 Å². The van der Waals surface area contributed by atoms with Crippen molar-refractivity contribution < 1.29 is 0 Å². The summed E-state index contributed by atoms with van der Waals surface area (Å²) in [6, 6.07) is 3.85. The van der Waals surface area contributed by atoms with Gasteiger partial charge in [0, 0.05) is 16.5 Å². The van der Waals surface area contributed by atoms with Crippen LogP contribution in [-0.2, 0) is 0 Å². The molecule has 0 bridgehead atoms. The highest BCUT2D eigenvalue weighted by Crippen LogP contribution is 2.27. The first-order valence-corrected chi connectivity index (χ1v) is 5.48. The van der Waals surface area contributed by atoms with E-state index in [1.807, 2.05) is 6.92 Å². The summed E-state index contributed by atoms with van der Waals surface area (Å²) in [7, 11) is 0. The lowest BCUT2D eigenvalue weighted by Crippen LogP contribution is -1.91. The summed E-state index contributed by atoms with van der Waals surface area (Å²) < 4.78 is 0. The van der Waals surface area contributed by atoms with E-state index >= 15 is 0 Å². The molecule has 2 rings (SSSR count). The number of rotatable bonds is 1. The average molecular weight is 225 g/mol. The molecular weight excluding hydrogens is 216 g/mol. The second-order valence-electron chi connectivity index (χ2n) is 3.01. The third-order valence-electron chi connectivity index (χ3n) is 1.94. The summed E-state index contributed by atoms with van der Waals surface area (Å²) in [6.07, 6.45) is 0. The zero-order valence-electron chi connectivity index (χ0n) is 7.91. The Balaban J connectivity index is 2.57. The van der Waals surface area contributed by atoms with Gasteiger partial charge in [-0.25, -0.2) is 9.97 Å². The Morgan fingerprint density at radius 2 is 2.07 bits per heavy atom. The number of hydrogen-bond donors (Lipinski definition) is 0. The lowest BCUT2D eigenvalue weighted by Gasteiger charge is -2.01. The van der Waals surface area contributed by atoms with Crippen LogP contribution in [0.15, 0.2) is 17.5 Å². The number of halogens is 1. The Morgan fingerprint density at radius 1 is 1.29 bits per heavy atom. The van der Waals surface area contributed by atoms with E-state index in [0.717, 1.165) is 11.3 Å². The molecule has 0 unspecified atom stereocenters. The molecule has 0 atom stereocenters. The maximum absolute atomic E-state index is 5.87. The number of hydrogen-bond acceptors (Lipinski definition) is 3. The smallest absolute Gasteiger partial charge is 0.133 e. The molecule has 0 fully saturated rings. The van der Waals surface area contributed by atoms with Gasteiger partial charge in [-0.3, -0.25) is 0 Å². The first-order valence-electron chi connectivity index (χ1n) is 4.22. The van der Waals surface area contributed by atoms with Crippen LogP contribution in [-0.4, -0.2) is 9.97 Å². The van der Waals surface area contributed by atoms with E-state index in [-0.39, 0.29) is 0 Å². The van der Waals surface area contributed by atoms with Crippen LogP contribution in [0.1, 0.15) is 10.7 Å². The van der Waals surface area contributed by atoms with E-state index < -0.39 is 0 Å². The summed E-state index contributed by atoms with van der Waals surface area (Å²) >= 11 is 7.58. The zero-order chi connectivity index (χ0) is 10.1.